The fourth-order valence-corrected chi connectivity index (χ4v) is 3.09. The van der Waals surface area contributed by atoms with E-state index in [4.69, 9.17) is 0 Å². The first-order valence-electron chi connectivity index (χ1n) is 8.83. The molecule has 0 atom stereocenters. The van der Waals surface area contributed by atoms with Crippen molar-refractivity contribution in [3.8, 4) is 0 Å². The van der Waals surface area contributed by atoms with Crippen LogP contribution < -0.4 is 5.32 Å². The summed E-state index contributed by atoms with van der Waals surface area (Å²) in [7, 11) is 0. The van der Waals surface area contributed by atoms with Gasteiger partial charge in [0.05, 0.1) is 0 Å². The third-order valence-corrected chi connectivity index (χ3v) is 4.45. The number of aromatic nitrogens is 1. The van der Waals surface area contributed by atoms with Gasteiger partial charge in [-0.05, 0) is 49.6 Å². The molecule has 0 aliphatic rings. The third-order valence-electron chi connectivity index (χ3n) is 4.45. The van der Waals surface area contributed by atoms with Gasteiger partial charge < -0.3 is 10.3 Å². The normalized spacial score (nSPS) is 11.4. The summed E-state index contributed by atoms with van der Waals surface area (Å²) in [4.78, 5) is 3.47. The average Bonchev–Trinajstić information content (AvgIpc) is 2.93. The number of fused-ring (bicyclic) bond motifs is 1. The SMILES string of the molecule is C=C(C)/C=C/c1ccc(CNCCc2c(C)[nH]c3ccccc23)cc1. The predicted molar refractivity (Wildman–Crippen MR) is 109 cm³/mol. The number of aryl methyl sites for hydroxylation is 1. The summed E-state index contributed by atoms with van der Waals surface area (Å²) in [6, 6.07) is 17.2. The van der Waals surface area contributed by atoms with Crippen LogP contribution in [0.25, 0.3) is 17.0 Å². The van der Waals surface area contributed by atoms with Gasteiger partial charge in [-0.2, -0.15) is 0 Å². The molecule has 1 heterocycles. The monoisotopic (exact) mass is 330 g/mol. The Bertz CT molecular complexity index is 882. The lowest BCUT2D eigenvalue weighted by molar-refractivity contribution is 0.687. The third kappa shape index (κ3) is 4.49. The highest BCUT2D eigenvalue weighted by Gasteiger charge is 2.06. The molecule has 2 aromatic carbocycles. The summed E-state index contributed by atoms with van der Waals surface area (Å²) >= 11 is 0. The molecule has 0 radical (unpaired) electrons. The number of rotatable bonds is 7. The van der Waals surface area contributed by atoms with E-state index in [0.717, 1.165) is 25.1 Å². The van der Waals surface area contributed by atoms with E-state index in [1.54, 1.807) is 0 Å². The van der Waals surface area contributed by atoms with Gasteiger partial charge in [-0.15, -0.1) is 0 Å². The Balaban J connectivity index is 1.53. The van der Waals surface area contributed by atoms with Gasteiger partial charge >= 0.3 is 0 Å². The summed E-state index contributed by atoms with van der Waals surface area (Å²) in [6.45, 7) is 9.92. The number of aromatic amines is 1. The molecular weight excluding hydrogens is 304 g/mol. The van der Waals surface area contributed by atoms with Crippen LogP contribution in [0.15, 0.2) is 66.8 Å². The average molecular weight is 330 g/mol. The molecular formula is C23H26N2. The topological polar surface area (TPSA) is 27.8 Å². The quantitative estimate of drug-likeness (QED) is 0.441. The molecule has 0 bridgehead atoms. The number of nitrogens with one attached hydrogen (secondary N) is 2. The number of H-pyrrole nitrogens is 1. The van der Waals surface area contributed by atoms with Crippen molar-refractivity contribution >= 4 is 17.0 Å². The summed E-state index contributed by atoms with van der Waals surface area (Å²) in [5.41, 5.74) is 7.51. The number of allylic oxidation sites excluding steroid dienone is 2. The summed E-state index contributed by atoms with van der Waals surface area (Å²) in [5.74, 6) is 0. The minimum Gasteiger partial charge on any atom is -0.358 e. The number of hydrogen-bond donors (Lipinski definition) is 2. The van der Waals surface area contributed by atoms with Gasteiger partial charge in [-0.1, -0.05) is 66.8 Å². The fraction of sp³-hybridized carbons (Fsp3) is 0.217. The van der Waals surface area contributed by atoms with Crippen LogP contribution in [0.2, 0.25) is 0 Å². The zero-order valence-electron chi connectivity index (χ0n) is 15.1. The van der Waals surface area contributed by atoms with Gasteiger partial charge in [-0.25, -0.2) is 0 Å². The first-order chi connectivity index (χ1) is 12.1. The lowest BCUT2D eigenvalue weighted by Gasteiger charge is -2.06. The Morgan fingerprint density at radius 2 is 1.88 bits per heavy atom. The van der Waals surface area contributed by atoms with E-state index >= 15 is 0 Å². The van der Waals surface area contributed by atoms with Gasteiger partial charge in [0.15, 0.2) is 0 Å². The van der Waals surface area contributed by atoms with Crippen LogP contribution >= 0.6 is 0 Å². The van der Waals surface area contributed by atoms with Crippen molar-refractivity contribution in [2.24, 2.45) is 0 Å². The molecule has 2 heteroatoms. The van der Waals surface area contributed by atoms with Gasteiger partial charge in [0, 0.05) is 23.1 Å². The highest BCUT2D eigenvalue weighted by atomic mass is 14.8. The van der Waals surface area contributed by atoms with Gasteiger partial charge in [-0.3, -0.25) is 0 Å². The standard InChI is InChI=1S/C23H26N2/c1-17(2)8-9-19-10-12-20(13-11-19)16-24-15-14-21-18(3)25-23-7-5-4-6-22(21)23/h4-13,24-25H,1,14-16H2,2-3H3/b9-8+. The highest BCUT2D eigenvalue weighted by Crippen LogP contribution is 2.21. The van der Waals surface area contributed by atoms with Gasteiger partial charge in [0.25, 0.3) is 0 Å². The molecule has 2 N–H and O–H groups in total. The van der Waals surface area contributed by atoms with Crippen molar-refractivity contribution in [2.75, 3.05) is 6.54 Å². The van der Waals surface area contributed by atoms with Crippen LogP contribution in [0.3, 0.4) is 0 Å². The second-order valence-electron chi connectivity index (χ2n) is 6.62. The molecule has 25 heavy (non-hydrogen) atoms. The number of para-hydroxylation sites is 1. The second kappa shape index (κ2) is 8.00. The van der Waals surface area contributed by atoms with E-state index in [-0.39, 0.29) is 0 Å². The van der Waals surface area contributed by atoms with E-state index in [1.165, 1.54) is 33.3 Å². The van der Waals surface area contributed by atoms with E-state index in [9.17, 15) is 0 Å². The molecule has 0 aliphatic heterocycles. The van der Waals surface area contributed by atoms with E-state index in [2.05, 4.69) is 78.4 Å². The second-order valence-corrected chi connectivity index (χ2v) is 6.62. The van der Waals surface area contributed by atoms with Crippen molar-refractivity contribution in [2.45, 2.75) is 26.8 Å². The molecule has 0 spiro atoms. The molecule has 0 fully saturated rings. The number of hydrogen-bond acceptors (Lipinski definition) is 1. The van der Waals surface area contributed by atoms with E-state index < -0.39 is 0 Å². The molecule has 0 saturated carbocycles. The Hall–Kier alpha value is -2.58. The first-order valence-corrected chi connectivity index (χ1v) is 8.83. The zero-order chi connectivity index (χ0) is 17.6. The van der Waals surface area contributed by atoms with E-state index in [1.807, 2.05) is 13.0 Å². The maximum Gasteiger partial charge on any atom is 0.0458 e. The van der Waals surface area contributed by atoms with Crippen LogP contribution in [0.4, 0.5) is 0 Å². The number of benzene rings is 2. The van der Waals surface area contributed by atoms with E-state index in [0.29, 0.717) is 0 Å². The zero-order valence-corrected chi connectivity index (χ0v) is 15.1. The van der Waals surface area contributed by atoms with Gasteiger partial charge in [0.2, 0.25) is 0 Å². The molecule has 128 valence electrons. The summed E-state index contributed by atoms with van der Waals surface area (Å²) in [5, 5.41) is 4.90. The largest absolute Gasteiger partial charge is 0.358 e. The highest BCUT2D eigenvalue weighted by molar-refractivity contribution is 5.84. The predicted octanol–water partition coefficient (Wildman–Crippen LogP) is 5.40. The molecule has 0 unspecified atom stereocenters. The van der Waals surface area contributed by atoms with Crippen LogP contribution in [-0.4, -0.2) is 11.5 Å². The molecule has 0 aliphatic carbocycles. The Kier molecular flexibility index (Phi) is 5.52. The van der Waals surface area contributed by atoms with Crippen molar-refractivity contribution in [1.29, 1.82) is 0 Å². The summed E-state index contributed by atoms with van der Waals surface area (Å²) in [6.07, 6.45) is 5.17. The lowest BCUT2D eigenvalue weighted by Crippen LogP contribution is -2.16. The Labute approximate surface area is 150 Å². The van der Waals surface area contributed by atoms with Crippen LogP contribution in [0, 0.1) is 6.92 Å². The fourth-order valence-electron chi connectivity index (χ4n) is 3.09. The molecule has 3 rings (SSSR count). The molecule has 0 amide bonds. The van der Waals surface area contributed by atoms with Crippen LogP contribution in [0.5, 0.6) is 0 Å². The Morgan fingerprint density at radius 3 is 2.64 bits per heavy atom. The first kappa shape index (κ1) is 17.2. The van der Waals surface area contributed by atoms with Crippen molar-refractivity contribution in [3.63, 3.8) is 0 Å². The minimum atomic E-state index is 0.895. The molecule has 0 saturated heterocycles. The maximum atomic E-state index is 3.88. The molecule has 2 nitrogen and oxygen atoms in total. The smallest absolute Gasteiger partial charge is 0.0458 e. The van der Waals surface area contributed by atoms with Gasteiger partial charge in [0.1, 0.15) is 0 Å². The van der Waals surface area contributed by atoms with Crippen molar-refractivity contribution in [3.05, 3.63) is 89.1 Å². The van der Waals surface area contributed by atoms with Crippen molar-refractivity contribution in [1.82, 2.24) is 10.3 Å². The van der Waals surface area contributed by atoms with Crippen molar-refractivity contribution < 1.29 is 0 Å². The minimum absolute atomic E-state index is 0.895. The Morgan fingerprint density at radius 1 is 1.12 bits per heavy atom. The maximum absolute atomic E-state index is 3.88. The summed E-state index contributed by atoms with van der Waals surface area (Å²) < 4.78 is 0. The molecule has 1 aromatic heterocycles. The van der Waals surface area contributed by atoms with Crippen LogP contribution in [-0.2, 0) is 13.0 Å². The molecule has 3 aromatic rings. The lowest BCUT2D eigenvalue weighted by atomic mass is 10.1. The van der Waals surface area contributed by atoms with Crippen LogP contribution in [0.1, 0.15) is 29.3 Å².